The van der Waals surface area contributed by atoms with Gasteiger partial charge in [-0.25, -0.2) is 14.4 Å². The van der Waals surface area contributed by atoms with Crippen LogP contribution in [0.1, 0.15) is 0 Å². The van der Waals surface area contributed by atoms with Crippen molar-refractivity contribution < 1.29 is 4.39 Å². The van der Waals surface area contributed by atoms with Crippen LogP contribution < -0.4 is 0 Å². The second-order valence-electron chi connectivity index (χ2n) is 3.58. The summed E-state index contributed by atoms with van der Waals surface area (Å²) in [6, 6.07) is 6.05. The zero-order valence-electron chi connectivity index (χ0n) is 8.64. The highest BCUT2D eigenvalue weighted by Gasteiger charge is 2.09. The Morgan fingerprint density at radius 2 is 2.18 bits per heavy atom. The summed E-state index contributed by atoms with van der Waals surface area (Å²) in [7, 11) is 0. The van der Waals surface area contributed by atoms with E-state index in [1.54, 1.807) is 22.9 Å². The number of benzene rings is 1. The molecule has 3 nitrogen and oxygen atoms in total. The number of hydrogen-bond acceptors (Lipinski definition) is 2. The molecule has 1 aromatic carbocycles. The summed E-state index contributed by atoms with van der Waals surface area (Å²) in [5.41, 5.74) is 1.37. The van der Waals surface area contributed by atoms with Gasteiger partial charge in [0.1, 0.15) is 5.82 Å². The fourth-order valence-electron chi connectivity index (χ4n) is 1.66. The molecule has 0 saturated carbocycles. The summed E-state index contributed by atoms with van der Waals surface area (Å²) in [5, 5.41) is 0.341. The van der Waals surface area contributed by atoms with E-state index in [1.165, 1.54) is 12.1 Å². The number of hydrogen-bond donors (Lipinski definition) is 0. The third-order valence-corrected chi connectivity index (χ3v) is 2.76. The Hall–Kier alpha value is -1.94. The maximum atomic E-state index is 12.9. The normalized spacial score (nSPS) is 10.9. The van der Waals surface area contributed by atoms with E-state index in [2.05, 4.69) is 9.97 Å². The van der Waals surface area contributed by atoms with Gasteiger partial charge in [-0.1, -0.05) is 11.6 Å². The average Bonchev–Trinajstić information content (AvgIpc) is 2.72. The smallest absolute Gasteiger partial charge is 0.234 e. The molecule has 0 aliphatic carbocycles. The summed E-state index contributed by atoms with van der Waals surface area (Å²) in [6.07, 6.45) is 5.32. The first-order chi connectivity index (χ1) is 8.24. The van der Waals surface area contributed by atoms with Crippen LogP contribution in [0.15, 0.2) is 42.9 Å². The lowest BCUT2D eigenvalue weighted by molar-refractivity contribution is 0.628. The topological polar surface area (TPSA) is 30.2 Å². The van der Waals surface area contributed by atoms with Crippen molar-refractivity contribution in [3.8, 4) is 11.3 Å². The SMILES string of the molecule is Fc1ccc(-c2cn3cccnc3n2)c(Cl)c1. The number of imidazole rings is 1. The number of aromatic nitrogens is 3. The monoisotopic (exact) mass is 247 g/mol. The Bertz CT molecular complexity index is 660. The highest BCUT2D eigenvalue weighted by Crippen LogP contribution is 2.27. The predicted molar refractivity (Wildman–Crippen MR) is 63.4 cm³/mol. The summed E-state index contributed by atoms with van der Waals surface area (Å²) in [4.78, 5) is 8.43. The van der Waals surface area contributed by atoms with Gasteiger partial charge >= 0.3 is 0 Å². The van der Waals surface area contributed by atoms with Gasteiger partial charge in [0, 0.05) is 24.2 Å². The minimum Gasteiger partial charge on any atom is -0.291 e. The van der Waals surface area contributed by atoms with E-state index in [1.807, 2.05) is 12.3 Å². The van der Waals surface area contributed by atoms with Gasteiger partial charge in [0.25, 0.3) is 0 Å². The fourth-order valence-corrected chi connectivity index (χ4v) is 1.92. The second kappa shape index (κ2) is 3.82. The number of nitrogens with zero attached hydrogens (tertiary/aromatic N) is 3. The first kappa shape index (κ1) is 10.2. The van der Waals surface area contributed by atoms with Crippen LogP contribution in [-0.2, 0) is 0 Å². The molecule has 0 aliphatic rings. The number of halogens is 2. The number of rotatable bonds is 1. The first-order valence-corrected chi connectivity index (χ1v) is 5.37. The van der Waals surface area contributed by atoms with Crippen molar-refractivity contribution in [2.24, 2.45) is 0 Å². The van der Waals surface area contributed by atoms with Crippen molar-refractivity contribution in [1.29, 1.82) is 0 Å². The molecular formula is C12H7ClFN3. The van der Waals surface area contributed by atoms with Crippen LogP contribution in [0.3, 0.4) is 0 Å². The zero-order valence-corrected chi connectivity index (χ0v) is 9.39. The molecule has 0 N–H and O–H groups in total. The zero-order chi connectivity index (χ0) is 11.8. The molecule has 0 radical (unpaired) electrons. The van der Waals surface area contributed by atoms with E-state index in [0.717, 1.165) is 0 Å². The molecule has 0 aliphatic heterocycles. The summed E-state index contributed by atoms with van der Waals surface area (Å²) >= 11 is 5.98. The predicted octanol–water partition coefficient (Wildman–Crippen LogP) is 3.19. The minimum absolute atomic E-state index is 0.341. The third-order valence-electron chi connectivity index (χ3n) is 2.44. The Morgan fingerprint density at radius 3 is 2.94 bits per heavy atom. The van der Waals surface area contributed by atoms with Gasteiger partial charge < -0.3 is 0 Å². The molecule has 0 spiro atoms. The van der Waals surface area contributed by atoms with Gasteiger partial charge in [0.2, 0.25) is 5.78 Å². The van der Waals surface area contributed by atoms with Crippen molar-refractivity contribution in [1.82, 2.24) is 14.4 Å². The van der Waals surface area contributed by atoms with E-state index in [9.17, 15) is 4.39 Å². The number of fused-ring (bicyclic) bond motifs is 1. The molecule has 0 atom stereocenters. The fraction of sp³-hybridized carbons (Fsp3) is 0. The van der Waals surface area contributed by atoms with Crippen LogP contribution in [0.2, 0.25) is 5.02 Å². The van der Waals surface area contributed by atoms with E-state index in [0.29, 0.717) is 22.1 Å². The van der Waals surface area contributed by atoms with E-state index >= 15 is 0 Å². The maximum Gasteiger partial charge on any atom is 0.234 e. The van der Waals surface area contributed by atoms with Crippen LogP contribution in [0, 0.1) is 5.82 Å². The molecule has 2 heterocycles. The Morgan fingerprint density at radius 1 is 1.29 bits per heavy atom. The van der Waals surface area contributed by atoms with Gasteiger partial charge in [-0.05, 0) is 24.3 Å². The molecular weight excluding hydrogens is 241 g/mol. The van der Waals surface area contributed by atoms with E-state index in [-0.39, 0.29) is 5.82 Å². The van der Waals surface area contributed by atoms with Crippen LogP contribution in [0.5, 0.6) is 0 Å². The maximum absolute atomic E-state index is 12.9. The lowest BCUT2D eigenvalue weighted by atomic mass is 10.2. The molecule has 3 rings (SSSR count). The molecule has 0 bridgehead atoms. The molecule has 0 saturated heterocycles. The molecule has 5 heteroatoms. The van der Waals surface area contributed by atoms with Gasteiger partial charge in [-0.3, -0.25) is 4.40 Å². The van der Waals surface area contributed by atoms with Crippen molar-refractivity contribution in [2.75, 3.05) is 0 Å². The molecule has 17 heavy (non-hydrogen) atoms. The lowest BCUT2D eigenvalue weighted by Crippen LogP contribution is -1.83. The molecule has 0 fully saturated rings. The Kier molecular flexibility index (Phi) is 2.30. The lowest BCUT2D eigenvalue weighted by Gasteiger charge is -1.99. The van der Waals surface area contributed by atoms with Crippen molar-refractivity contribution in [3.05, 3.63) is 53.7 Å². The minimum atomic E-state index is -0.361. The van der Waals surface area contributed by atoms with Gasteiger partial charge in [0.15, 0.2) is 0 Å². The quantitative estimate of drug-likeness (QED) is 0.661. The largest absolute Gasteiger partial charge is 0.291 e. The molecule has 0 unspecified atom stereocenters. The Balaban J connectivity index is 2.20. The van der Waals surface area contributed by atoms with Gasteiger partial charge in [-0.15, -0.1) is 0 Å². The molecule has 84 valence electrons. The van der Waals surface area contributed by atoms with Gasteiger partial charge in [0.05, 0.1) is 10.7 Å². The molecule has 0 amide bonds. The molecule has 3 aromatic rings. The highest BCUT2D eigenvalue weighted by atomic mass is 35.5. The van der Waals surface area contributed by atoms with Crippen LogP contribution >= 0.6 is 11.6 Å². The van der Waals surface area contributed by atoms with E-state index in [4.69, 9.17) is 11.6 Å². The summed E-state index contributed by atoms with van der Waals surface area (Å²) in [6.45, 7) is 0. The first-order valence-electron chi connectivity index (χ1n) is 4.99. The van der Waals surface area contributed by atoms with Crippen LogP contribution in [0.25, 0.3) is 17.0 Å². The van der Waals surface area contributed by atoms with Crippen LogP contribution in [-0.4, -0.2) is 14.4 Å². The summed E-state index contributed by atoms with van der Waals surface area (Å²) in [5.74, 6) is 0.225. The van der Waals surface area contributed by atoms with E-state index < -0.39 is 0 Å². The van der Waals surface area contributed by atoms with Crippen molar-refractivity contribution >= 4 is 17.4 Å². The van der Waals surface area contributed by atoms with Crippen molar-refractivity contribution in [3.63, 3.8) is 0 Å². The second-order valence-corrected chi connectivity index (χ2v) is 3.98. The third kappa shape index (κ3) is 1.76. The van der Waals surface area contributed by atoms with Gasteiger partial charge in [-0.2, -0.15) is 0 Å². The average molecular weight is 248 g/mol. The summed E-state index contributed by atoms with van der Waals surface area (Å²) < 4.78 is 14.7. The Labute approximate surface area is 102 Å². The van der Waals surface area contributed by atoms with Crippen molar-refractivity contribution in [2.45, 2.75) is 0 Å². The highest BCUT2D eigenvalue weighted by molar-refractivity contribution is 6.33. The van der Waals surface area contributed by atoms with Crippen LogP contribution in [0.4, 0.5) is 4.39 Å². The molecule has 2 aromatic heterocycles. The standard InChI is InChI=1S/C12H7ClFN3/c13-10-6-8(14)2-3-9(10)11-7-17-5-1-4-15-12(17)16-11/h1-7H.